The van der Waals surface area contributed by atoms with Gasteiger partial charge < -0.3 is 0 Å². The molecular weight excluding hydrogens is 326 g/mol. The van der Waals surface area contributed by atoms with Gasteiger partial charge in [0.15, 0.2) is 0 Å². The van der Waals surface area contributed by atoms with Gasteiger partial charge in [0, 0.05) is 5.56 Å². The van der Waals surface area contributed by atoms with Gasteiger partial charge in [-0.1, -0.05) is 12.1 Å². The first-order chi connectivity index (χ1) is 9.43. The van der Waals surface area contributed by atoms with Crippen molar-refractivity contribution in [1.29, 1.82) is 0 Å². The molecule has 106 valence electrons. The molecule has 2 aromatic carbocycles. The maximum Gasteiger partial charge on any atom is 0.137 e. The summed E-state index contributed by atoms with van der Waals surface area (Å²) in [6.07, 6.45) is 0. The Morgan fingerprint density at radius 3 is 2.35 bits per heavy atom. The number of aryl methyl sites for hydroxylation is 2. The predicted molar refractivity (Wildman–Crippen MR) is 79.1 cm³/mol. The molecule has 0 bridgehead atoms. The van der Waals surface area contributed by atoms with Gasteiger partial charge in [0.2, 0.25) is 0 Å². The monoisotopic (exact) mass is 340 g/mol. The molecule has 0 heterocycles. The highest BCUT2D eigenvalue weighted by molar-refractivity contribution is 9.10. The molecule has 0 spiro atoms. The van der Waals surface area contributed by atoms with Crippen LogP contribution in [0.5, 0.6) is 0 Å². The maximum atomic E-state index is 14.2. The van der Waals surface area contributed by atoms with Crippen LogP contribution in [0, 0.1) is 25.5 Å². The molecule has 0 fully saturated rings. The van der Waals surface area contributed by atoms with E-state index >= 15 is 0 Å². The molecule has 2 nitrogen and oxygen atoms in total. The van der Waals surface area contributed by atoms with Crippen molar-refractivity contribution in [1.82, 2.24) is 5.43 Å². The summed E-state index contributed by atoms with van der Waals surface area (Å²) in [5, 5.41) is 0. The van der Waals surface area contributed by atoms with Crippen LogP contribution in [0.4, 0.5) is 8.78 Å². The number of halogens is 3. The Balaban J connectivity index is 2.55. The highest BCUT2D eigenvalue weighted by Gasteiger charge is 2.20. The van der Waals surface area contributed by atoms with Crippen LogP contribution in [0.1, 0.15) is 28.3 Å². The first-order valence-corrected chi connectivity index (χ1v) is 6.91. The van der Waals surface area contributed by atoms with Gasteiger partial charge in [-0.25, -0.2) is 14.2 Å². The fourth-order valence-corrected chi connectivity index (χ4v) is 2.58. The van der Waals surface area contributed by atoms with Crippen molar-refractivity contribution in [3.8, 4) is 0 Å². The molecule has 20 heavy (non-hydrogen) atoms. The third-order valence-electron chi connectivity index (χ3n) is 3.21. The summed E-state index contributed by atoms with van der Waals surface area (Å²) in [6.45, 7) is 3.63. The molecule has 0 amide bonds. The molecule has 1 unspecified atom stereocenters. The zero-order valence-corrected chi connectivity index (χ0v) is 12.8. The fourth-order valence-electron chi connectivity index (χ4n) is 2.33. The van der Waals surface area contributed by atoms with Crippen LogP contribution in [-0.2, 0) is 0 Å². The molecule has 2 aromatic rings. The molecule has 0 aliphatic carbocycles. The van der Waals surface area contributed by atoms with Crippen molar-refractivity contribution in [3.63, 3.8) is 0 Å². The molecule has 5 heteroatoms. The van der Waals surface area contributed by atoms with Gasteiger partial charge in [-0.05, 0) is 64.7 Å². The van der Waals surface area contributed by atoms with Crippen LogP contribution in [0.25, 0.3) is 0 Å². The van der Waals surface area contributed by atoms with E-state index in [0.717, 1.165) is 11.1 Å². The third-order valence-corrected chi connectivity index (χ3v) is 3.86. The highest BCUT2D eigenvalue weighted by atomic mass is 79.9. The van der Waals surface area contributed by atoms with Crippen LogP contribution in [0.3, 0.4) is 0 Å². The number of nitrogens with one attached hydrogen (secondary N) is 1. The average Bonchev–Trinajstić information content (AvgIpc) is 2.37. The zero-order chi connectivity index (χ0) is 14.9. The molecule has 2 rings (SSSR count). The molecule has 0 saturated carbocycles. The van der Waals surface area contributed by atoms with E-state index in [1.54, 1.807) is 12.1 Å². The first kappa shape index (κ1) is 15.1. The van der Waals surface area contributed by atoms with E-state index in [4.69, 9.17) is 5.84 Å². The summed E-state index contributed by atoms with van der Waals surface area (Å²) >= 11 is 3.09. The minimum Gasteiger partial charge on any atom is -0.271 e. The lowest BCUT2D eigenvalue weighted by Crippen LogP contribution is -2.30. The number of nitrogens with two attached hydrogens (primary N) is 1. The summed E-state index contributed by atoms with van der Waals surface area (Å²) < 4.78 is 28.2. The Morgan fingerprint density at radius 2 is 1.80 bits per heavy atom. The molecule has 0 radical (unpaired) electrons. The van der Waals surface area contributed by atoms with Gasteiger partial charge >= 0.3 is 0 Å². The molecular formula is C15H15BrF2N2. The summed E-state index contributed by atoms with van der Waals surface area (Å²) in [7, 11) is 0. The van der Waals surface area contributed by atoms with Gasteiger partial charge in [-0.2, -0.15) is 0 Å². The quantitative estimate of drug-likeness (QED) is 0.656. The Labute approximate surface area is 125 Å². The lowest BCUT2D eigenvalue weighted by Gasteiger charge is -2.20. The fraction of sp³-hybridized carbons (Fsp3) is 0.200. The predicted octanol–water partition coefficient (Wildman–Crippen LogP) is 3.90. The molecule has 3 N–H and O–H groups in total. The molecule has 0 saturated heterocycles. The van der Waals surface area contributed by atoms with Crippen molar-refractivity contribution >= 4 is 15.9 Å². The minimum atomic E-state index is -0.599. The molecule has 1 atom stereocenters. The lowest BCUT2D eigenvalue weighted by molar-refractivity contribution is 0.551. The SMILES string of the molecule is Cc1cc(C)c(C(NN)c2ccc(Br)c(F)c2)c(F)c1. The van der Waals surface area contributed by atoms with Crippen molar-refractivity contribution in [2.75, 3.05) is 0 Å². The van der Waals surface area contributed by atoms with E-state index in [9.17, 15) is 8.78 Å². The van der Waals surface area contributed by atoms with Crippen molar-refractivity contribution < 1.29 is 8.78 Å². The second kappa shape index (κ2) is 5.99. The zero-order valence-electron chi connectivity index (χ0n) is 11.2. The Hall–Kier alpha value is -1.30. The number of hydrogen-bond acceptors (Lipinski definition) is 2. The van der Waals surface area contributed by atoms with Gasteiger partial charge in [0.1, 0.15) is 11.6 Å². The standard InChI is InChI=1S/C15H15BrF2N2/c1-8-5-9(2)14(13(18)6-8)15(20-19)10-3-4-11(16)12(17)7-10/h3-7,15,20H,19H2,1-2H3. The highest BCUT2D eigenvalue weighted by Crippen LogP contribution is 2.29. The Bertz CT molecular complexity index is 621. The van der Waals surface area contributed by atoms with E-state index < -0.39 is 11.9 Å². The molecule has 0 aromatic heterocycles. The maximum absolute atomic E-state index is 14.2. The Kier molecular flexibility index (Phi) is 4.52. The second-order valence-electron chi connectivity index (χ2n) is 4.75. The topological polar surface area (TPSA) is 38.0 Å². The molecule has 0 aliphatic heterocycles. The summed E-state index contributed by atoms with van der Waals surface area (Å²) in [6, 6.07) is 7.35. The van der Waals surface area contributed by atoms with Gasteiger partial charge in [0.05, 0.1) is 10.5 Å². The number of benzene rings is 2. The number of hydrazine groups is 1. The summed E-state index contributed by atoms with van der Waals surface area (Å²) in [5.41, 5.74) is 5.17. The van der Waals surface area contributed by atoms with E-state index in [1.807, 2.05) is 19.9 Å². The lowest BCUT2D eigenvalue weighted by atomic mass is 9.93. The Morgan fingerprint density at radius 1 is 1.10 bits per heavy atom. The van der Waals surface area contributed by atoms with Gasteiger partial charge in [-0.3, -0.25) is 5.84 Å². The van der Waals surface area contributed by atoms with Crippen molar-refractivity contribution in [3.05, 3.63) is 68.7 Å². The van der Waals surface area contributed by atoms with E-state index in [2.05, 4.69) is 21.4 Å². The summed E-state index contributed by atoms with van der Waals surface area (Å²) in [5.74, 6) is 4.79. The second-order valence-corrected chi connectivity index (χ2v) is 5.60. The van der Waals surface area contributed by atoms with E-state index in [1.165, 1.54) is 12.1 Å². The van der Waals surface area contributed by atoms with Crippen LogP contribution < -0.4 is 11.3 Å². The average molecular weight is 341 g/mol. The van der Waals surface area contributed by atoms with Crippen molar-refractivity contribution in [2.45, 2.75) is 19.9 Å². The van der Waals surface area contributed by atoms with Crippen molar-refractivity contribution in [2.24, 2.45) is 5.84 Å². The van der Waals surface area contributed by atoms with Crippen LogP contribution in [0.2, 0.25) is 0 Å². The smallest absolute Gasteiger partial charge is 0.137 e. The van der Waals surface area contributed by atoms with Crippen LogP contribution >= 0.6 is 15.9 Å². The van der Waals surface area contributed by atoms with Gasteiger partial charge in [-0.15, -0.1) is 0 Å². The first-order valence-electron chi connectivity index (χ1n) is 6.11. The van der Waals surface area contributed by atoms with Crippen LogP contribution in [0.15, 0.2) is 34.8 Å². The number of hydrogen-bond donors (Lipinski definition) is 2. The number of rotatable bonds is 3. The summed E-state index contributed by atoms with van der Waals surface area (Å²) in [4.78, 5) is 0. The largest absolute Gasteiger partial charge is 0.271 e. The minimum absolute atomic E-state index is 0.353. The molecule has 0 aliphatic rings. The van der Waals surface area contributed by atoms with E-state index in [0.29, 0.717) is 15.6 Å². The normalized spacial score (nSPS) is 12.5. The third kappa shape index (κ3) is 2.90. The van der Waals surface area contributed by atoms with Crippen LogP contribution in [-0.4, -0.2) is 0 Å². The van der Waals surface area contributed by atoms with E-state index in [-0.39, 0.29) is 5.82 Å². The van der Waals surface area contributed by atoms with Gasteiger partial charge in [0.25, 0.3) is 0 Å².